The van der Waals surface area contributed by atoms with Crippen molar-refractivity contribution in [1.29, 1.82) is 0 Å². The Balaban J connectivity index is 1.27. The molecule has 0 unspecified atom stereocenters. The van der Waals surface area contributed by atoms with Gasteiger partial charge in [-0.1, -0.05) is 146 Å². The van der Waals surface area contributed by atoms with E-state index in [4.69, 9.17) is 19.4 Å². The summed E-state index contributed by atoms with van der Waals surface area (Å²) in [5.74, 6) is 1.83. The van der Waals surface area contributed by atoms with E-state index in [1.807, 2.05) is 30.3 Å². The van der Waals surface area contributed by atoms with Gasteiger partial charge in [-0.2, -0.15) is 0 Å². The van der Waals surface area contributed by atoms with Gasteiger partial charge in [-0.25, -0.2) is 15.0 Å². The summed E-state index contributed by atoms with van der Waals surface area (Å²) in [6.45, 7) is 0. The molecule has 0 N–H and O–H groups in total. The molecule has 7 aromatic carbocycles. The minimum Gasteiger partial charge on any atom is -0.456 e. The van der Waals surface area contributed by atoms with E-state index in [2.05, 4.69) is 133 Å². The first kappa shape index (κ1) is 27.0. The summed E-state index contributed by atoms with van der Waals surface area (Å²) in [6.07, 6.45) is 0. The minimum atomic E-state index is 0.589. The lowest BCUT2D eigenvalue weighted by atomic mass is 9.98. The molecule has 0 saturated heterocycles. The van der Waals surface area contributed by atoms with Gasteiger partial charge in [0.1, 0.15) is 11.2 Å². The molecule has 0 fully saturated rings. The van der Waals surface area contributed by atoms with Crippen molar-refractivity contribution in [1.82, 2.24) is 15.0 Å². The molecule has 0 radical (unpaired) electrons. The van der Waals surface area contributed by atoms with E-state index in [1.165, 1.54) is 0 Å². The highest BCUT2D eigenvalue weighted by molar-refractivity contribution is 6.13. The minimum absolute atomic E-state index is 0.589. The SMILES string of the molecule is c1ccc(-c2ccccc2-c2nc(-c3ccc4c(c3)oc3cccc(-c5ccccc5)c34)nc(-c3cccc4ccccc34)n2)cc1. The molecule has 0 atom stereocenters. The maximum atomic E-state index is 6.47. The van der Waals surface area contributed by atoms with Crippen LogP contribution < -0.4 is 0 Å². The van der Waals surface area contributed by atoms with Crippen molar-refractivity contribution in [2.75, 3.05) is 0 Å². The maximum Gasteiger partial charge on any atom is 0.164 e. The quantitative estimate of drug-likeness (QED) is 0.197. The predicted molar refractivity (Wildman–Crippen MR) is 192 cm³/mol. The first-order chi connectivity index (χ1) is 23.3. The molecule has 9 aromatic rings. The first-order valence-corrected chi connectivity index (χ1v) is 15.7. The fraction of sp³-hybridized carbons (Fsp3) is 0. The second-order valence-corrected chi connectivity index (χ2v) is 11.6. The molecule has 2 aromatic heterocycles. The van der Waals surface area contributed by atoms with Crippen LogP contribution in [0.15, 0.2) is 168 Å². The molecule has 9 rings (SSSR count). The highest BCUT2D eigenvalue weighted by atomic mass is 16.3. The highest BCUT2D eigenvalue weighted by Crippen LogP contribution is 2.39. The van der Waals surface area contributed by atoms with E-state index in [-0.39, 0.29) is 0 Å². The van der Waals surface area contributed by atoms with Crippen molar-refractivity contribution in [2.45, 2.75) is 0 Å². The number of benzene rings is 7. The van der Waals surface area contributed by atoms with E-state index in [0.717, 1.165) is 71.7 Å². The van der Waals surface area contributed by atoms with Gasteiger partial charge in [-0.05, 0) is 51.2 Å². The van der Waals surface area contributed by atoms with E-state index < -0.39 is 0 Å². The van der Waals surface area contributed by atoms with Crippen LogP contribution in [0.25, 0.3) is 89.1 Å². The van der Waals surface area contributed by atoms with Gasteiger partial charge in [0.15, 0.2) is 17.5 Å². The molecule has 4 heteroatoms. The van der Waals surface area contributed by atoms with Crippen LogP contribution in [0.4, 0.5) is 0 Å². The first-order valence-electron chi connectivity index (χ1n) is 15.7. The van der Waals surface area contributed by atoms with Crippen LogP contribution in [0.3, 0.4) is 0 Å². The van der Waals surface area contributed by atoms with Gasteiger partial charge in [0.2, 0.25) is 0 Å². The molecular weight excluding hydrogens is 574 g/mol. The lowest BCUT2D eigenvalue weighted by molar-refractivity contribution is 0.669. The fourth-order valence-electron chi connectivity index (χ4n) is 6.54. The second kappa shape index (κ2) is 11.2. The smallest absolute Gasteiger partial charge is 0.164 e. The zero-order chi connectivity index (χ0) is 31.2. The van der Waals surface area contributed by atoms with E-state index >= 15 is 0 Å². The van der Waals surface area contributed by atoms with Crippen molar-refractivity contribution < 1.29 is 4.42 Å². The average molecular weight is 602 g/mol. The number of hydrogen-bond donors (Lipinski definition) is 0. The van der Waals surface area contributed by atoms with Crippen molar-refractivity contribution in [2.24, 2.45) is 0 Å². The third-order valence-electron chi connectivity index (χ3n) is 8.76. The largest absolute Gasteiger partial charge is 0.456 e. The molecule has 47 heavy (non-hydrogen) atoms. The molecule has 0 aliphatic rings. The molecule has 0 amide bonds. The van der Waals surface area contributed by atoms with Crippen molar-refractivity contribution in [3.8, 4) is 56.4 Å². The van der Waals surface area contributed by atoms with Gasteiger partial charge in [0.05, 0.1) is 0 Å². The number of furan rings is 1. The van der Waals surface area contributed by atoms with E-state index in [0.29, 0.717) is 17.5 Å². The number of rotatable bonds is 5. The summed E-state index contributed by atoms with van der Waals surface area (Å²) >= 11 is 0. The third-order valence-corrected chi connectivity index (χ3v) is 8.76. The fourth-order valence-corrected chi connectivity index (χ4v) is 6.54. The summed E-state index contributed by atoms with van der Waals surface area (Å²) in [4.78, 5) is 15.4. The monoisotopic (exact) mass is 601 g/mol. The van der Waals surface area contributed by atoms with E-state index in [1.54, 1.807) is 0 Å². The van der Waals surface area contributed by atoms with Crippen LogP contribution in [-0.4, -0.2) is 15.0 Å². The van der Waals surface area contributed by atoms with Crippen molar-refractivity contribution in [3.63, 3.8) is 0 Å². The highest BCUT2D eigenvalue weighted by Gasteiger charge is 2.18. The summed E-state index contributed by atoms with van der Waals surface area (Å²) in [7, 11) is 0. The van der Waals surface area contributed by atoms with Crippen LogP contribution >= 0.6 is 0 Å². The van der Waals surface area contributed by atoms with Crippen LogP contribution in [0.5, 0.6) is 0 Å². The zero-order valence-electron chi connectivity index (χ0n) is 25.3. The Morgan fingerprint density at radius 3 is 1.72 bits per heavy atom. The Hall–Kier alpha value is -6.39. The number of nitrogens with zero attached hydrogens (tertiary/aromatic N) is 3. The summed E-state index contributed by atoms with van der Waals surface area (Å²) < 4.78 is 6.47. The summed E-state index contributed by atoms with van der Waals surface area (Å²) in [5.41, 5.74) is 8.88. The van der Waals surface area contributed by atoms with Crippen LogP contribution in [0, 0.1) is 0 Å². The number of hydrogen-bond acceptors (Lipinski definition) is 4. The Morgan fingerprint density at radius 2 is 0.915 bits per heavy atom. The third kappa shape index (κ3) is 4.75. The molecule has 0 aliphatic heterocycles. The van der Waals surface area contributed by atoms with Gasteiger partial charge in [-0.3, -0.25) is 0 Å². The van der Waals surface area contributed by atoms with Gasteiger partial charge >= 0.3 is 0 Å². The molecule has 0 saturated carbocycles. The Bertz CT molecular complexity index is 2570. The normalized spacial score (nSPS) is 11.4. The molecule has 220 valence electrons. The second-order valence-electron chi connectivity index (χ2n) is 11.6. The van der Waals surface area contributed by atoms with Gasteiger partial charge < -0.3 is 4.42 Å². The molecule has 0 spiro atoms. The van der Waals surface area contributed by atoms with Gasteiger partial charge in [0, 0.05) is 27.5 Å². The lowest BCUT2D eigenvalue weighted by Crippen LogP contribution is -2.01. The molecular formula is C43H27N3O. The topological polar surface area (TPSA) is 51.8 Å². The van der Waals surface area contributed by atoms with Crippen molar-refractivity contribution >= 4 is 32.7 Å². The van der Waals surface area contributed by atoms with E-state index in [9.17, 15) is 0 Å². The molecule has 0 aliphatic carbocycles. The predicted octanol–water partition coefficient (Wildman–Crippen LogP) is 11.3. The zero-order valence-corrected chi connectivity index (χ0v) is 25.3. The number of aromatic nitrogens is 3. The lowest BCUT2D eigenvalue weighted by Gasteiger charge is -2.13. The average Bonchev–Trinajstić information content (AvgIpc) is 3.53. The maximum absolute atomic E-state index is 6.47. The molecule has 4 nitrogen and oxygen atoms in total. The Labute approximate surface area is 271 Å². The summed E-state index contributed by atoms with van der Waals surface area (Å²) in [6, 6.07) is 56.2. The molecule has 0 bridgehead atoms. The van der Waals surface area contributed by atoms with Crippen molar-refractivity contribution in [3.05, 3.63) is 164 Å². The summed E-state index contributed by atoms with van der Waals surface area (Å²) in [5, 5.41) is 4.39. The van der Waals surface area contributed by atoms with Crippen LogP contribution in [0.2, 0.25) is 0 Å². The van der Waals surface area contributed by atoms with Crippen LogP contribution in [-0.2, 0) is 0 Å². The van der Waals surface area contributed by atoms with Crippen LogP contribution in [0.1, 0.15) is 0 Å². The standard InChI is InChI=1S/C43H27N3O/c1-3-13-28(14-4-1)32-20-9-10-21-35(32)42-44-41(45-43(46-42)36-23-11-18-29-17-7-8-19-33(29)36)31-25-26-37-39(27-31)47-38-24-12-22-34(40(37)38)30-15-5-2-6-16-30/h1-27H. The number of fused-ring (bicyclic) bond motifs is 4. The molecule has 2 heterocycles. The van der Waals surface area contributed by atoms with Gasteiger partial charge in [0.25, 0.3) is 0 Å². The Kier molecular flexibility index (Phi) is 6.43. The Morgan fingerprint density at radius 1 is 0.340 bits per heavy atom. The van der Waals surface area contributed by atoms with Gasteiger partial charge in [-0.15, -0.1) is 0 Å².